The molecule has 0 aliphatic heterocycles. The van der Waals surface area contributed by atoms with Crippen molar-refractivity contribution in [2.75, 3.05) is 11.9 Å². The first-order valence-corrected chi connectivity index (χ1v) is 10.4. The molecule has 0 aliphatic rings. The Morgan fingerprint density at radius 3 is 2.39 bits per heavy atom. The number of aromatic nitrogens is 6. The Balaban J connectivity index is 1.51. The number of para-hydroxylation sites is 1. The number of carbonyl (C=O) groups is 1. The van der Waals surface area contributed by atoms with E-state index in [4.69, 9.17) is 4.74 Å². The third-order valence-corrected chi connectivity index (χ3v) is 4.65. The van der Waals surface area contributed by atoms with Crippen molar-refractivity contribution in [2.45, 2.75) is 27.3 Å². The van der Waals surface area contributed by atoms with Gasteiger partial charge in [-0.2, -0.15) is 14.9 Å². The average molecular weight is 445 g/mol. The molecule has 1 aromatic carbocycles. The molecular weight excluding hydrogens is 422 g/mol. The van der Waals surface area contributed by atoms with Gasteiger partial charge in [-0.15, -0.1) is 0 Å². The number of anilines is 1. The summed E-state index contributed by atoms with van der Waals surface area (Å²) in [4.78, 5) is 33.9. The third kappa shape index (κ3) is 5.29. The predicted octanol–water partition coefficient (Wildman–Crippen LogP) is 2.48. The van der Waals surface area contributed by atoms with Gasteiger partial charge in [-0.3, -0.25) is 9.59 Å². The quantitative estimate of drug-likeness (QED) is 0.464. The van der Waals surface area contributed by atoms with Gasteiger partial charge in [-0.05, 0) is 45.0 Å². The van der Waals surface area contributed by atoms with Crippen molar-refractivity contribution in [1.29, 1.82) is 0 Å². The van der Waals surface area contributed by atoms with Crippen LogP contribution in [-0.2, 0) is 6.54 Å². The molecule has 0 radical (unpaired) electrons. The van der Waals surface area contributed by atoms with Crippen LogP contribution in [0.2, 0.25) is 0 Å². The minimum absolute atomic E-state index is 0.0843. The number of amides is 1. The smallest absolute Gasteiger partial charge is 0.277 e. The van der Waals surface area contributed by atoms with E-state index in [0.717, 1.165) is 11.4 Å². The Kier molecular flexibility index (Phi) is 6.25. The van der Waals surface area contributed by atoms with Gasteiger partial charge in [-0.25, -0.2) is 14.6 Å². The number of benzene rings is 1. The topological polar surface area (TPSA) is 117 Å². The first-order chi connectivity index (χ1) is 15.9. The molecule has 0 bridgehead atoms. The van der Waals surface area contributed by atoms with Crippen molar-refractivity contribution in [2.24, 2.45) is 0 Å². The summed E-state index contributed by atoms with van der Waals surface area (Å²) >= 11 is 0. The summed E-state index contributed by atoms with van der Waals surface area (Å²) in [6.45, 7) is 5.96. The normalized spacial score (nSPS) is 10.8. The van der Waals surface area contributed by atoms with E-state index in [1.54, 1.807) is 13.0 Å². The molecule has 168 valence electrons. The Morgan fingerprint density at radius 1 is 0.939 bits per heavy atom. The van der Waals surface area contributed by atoms with Crippen molar-refractivity contribution < 1.29 is 9.53 Å². The van der Waals surface area contributed by atoms with Crippen molar-refractivity contribution in [1.82, 2.24) is 29.5 Å². The van der Waals surface area contributed by atoms with Crippen molar-refractivity contribution in [3.8, 4) is 11.7 Å². The lowest BCUT2D eigenvalue weighted by Gasteiger charge is -2.10. The summed E-state index contributed by atoms with van der Waals surface area (Å²) < 4.78 is 8.29. The molecule has 4 rings (SSSR count). The lowest BCUT2D eigenvalue weighted by molar-refractivity contribution is 0.101. The molecule has 3 heterocycles. The highest BCUT2D eigenvalue weighted by Crippen LogP contribution is 2.16. The monoisotopic (exact) mass is 445 g/mol. The number of aryl methyl sites for hydroxylation is 3. The lowest BCUT2D eigenvalue weighted by Crippen LogP contribution is -2.28. The van der Waals surface area contributed by atoms with E-state index in [-0.39, 0.29) is 24.4 Å². The number of carbonyl (C=O) groups excluding carboxylic acids is 1. The van der Waals surface area contributed by atoms with Gasteiger partial charge in [-0.1, -0.05) is 18.2 Å². The Hall–Kier alpha value is -4.34. The number of hydrogen-bond donors (Lipinski definition) is 1. The Bertz CT molecular complexity index is 1330. The van der Waals surface area contributed by atoms with Crippen LogP contribution >= 0.6 is 0 Å². The number of nitrogens with one attached hydrogen (secondary N) is 1. The molecule has 0 unspecified atom stereocenters. The number of ether oxygens (including phenoxy) is 1. The van der Waals surface area contributed by atoms with Crippen LogP contribution < -0.4 is 15.6 Å². The molecule has 0 fully saturated rings. The van der Waals surface area contributed by atoms with Gasteiger partial charge in [0, 0.05) is 23.5 Å². The molecule has 0 saturated carbocycles. The maximum Gasteiger partial charge on any atom is 0.277 e. The Labute approximate surface area is 189 Å². The molecular formula is C23H23N7O3. The fourth-order valence-electron chi connectivity index (χ4n) is 3.22. The van der Waals surface area contributed by atoms with Gasteiger partial charge in [0.25, 0.3) is 17.4 Å². The van der Waals surface area contributed by atoms with Crippen LogP contribution in [-0.4, -0.2) is 42.0 Å². The van der Waals surface area contributed by atoms with Gasteiger partial charge in [0.05, 0.1) is 12.2 Å². The summed E-state index contributed by atoms with van der Waals surface area (Å²) in [7, 11) is 0. The fraction of sp³-hybridized carbons (Fsp3) is 0.217. The van der Waals surface area contributed by atoms with Crippen molar-refractivity contribution >= 4 is 11.7 Å². The van der Waals surface area contributed by atoms with E-state index in [1.807, 2.05) is 50.2 Å². The second-order valence-corrected chi connectivity index (χ2v) is 7.43. The summed E-state index contributed by atoms with van der Waals surface area (Å²) in [5, 5.41) is 11.4. The number of rotatable bonds is 7. The Morgan fingerprint density at radius 2 is 1.67 bits per heavy atom. The van der Waals surface area contributed by atoms with Gasteiger partial charge >= 0.3 is 0 Å². The third-order valence-electron chi connectivity index (χ3n) is 4.65. The van der Waals surface area contributed by atoms with Crippen LogP contribution in [0.5, 0.6) is 5.75 Å². The second kappa shape index (κ2) is 9.43. The molecule has 0 atom stereocenters. The van der Waals surface area contributed by atoms with Crippen LogP contribution in [0.15, 0.2) is 59.4 Å². The number of nitrogens with zero attached hydrogens (tertiary/aromatic N) is 6. The van der Waals surface area contributed by atoms with Gasteiger partial charge in [0.1, 0.15) is 23.9 Å². The van der Waals surface area contributed by atoms with Crippen LogP contribution in [0.3, 0.4) is 0 Å². The summed E-state index contributed by atoms with van der Waals surface area (Å²) in [5.74, 6) is 0.955. The molecule has 0 saturated heterocycles. The zero-order chi connectivity index (χ0) is 23.4. The highest BCUT2D eigenvalue weighted by atomic mass is 16.5. The summed E-state index contributed by atoms with van der Waals surface area (Å²) in [6, 6.07) is 15.5. The van der Waals surface area contributed by atoms with E-state index in [0.29, 0.717) is 23.2 Å². The molecule has 10 nitrogen and oxygen atoms in total. The van der Waals surface area contributed by atoms with Crippen LogP contribution in [0, 0.1) is 20.8 Å². The van der Waals surface area contributed by atoms with E-state index in [1.165, 1.54) is 21.5 Å². The van der Waals surface area contributed by atoms with Crippen LogP contribution in [0.25, 0.3) is 5.95 Å². The second-order valence-electron chi connectivity index (χ2n) is 7.43. The van der Waals surface area contributed by atoms with Gasteiger partial charge in [0.2, 0.25) is 0 Å². The first kappa shape index (κ1) is 21.9. The molecule has 33 heavy (non-hydrogen) atoms. The van der Waals surface area contributed by atoms with E-state index < -0.39 is 5.91 Å². The minimum Gasteiger partial charge on any atom is -0.492 e. The predicted molar refractivity (Wildman–Crippen MR) is 122 cm³/mol. The molecule has 0 spiro atoms. The SMILES string of the molecule is Cc1cc(C)nc(-n2nc(C)cc2NC(=O)c2ccc(=O)n(CCOc3ccccc3)n2)n1. The van der Waals surface area contributed by atoms with Crippen molar-refractivity contribution in [3.63, 3.8) is 0 Å². The molecule has 1 N–H and O–H groups in total. The summed E-state index contributed by atoms with van der Waals surface area (Å²) in [6.07, 6.45) is 0. The molecule has 1 amide bonds. The fourth-order valence-corrected chi connectivity index (χ4v) is 3.22. The molecule has 4 aromatic rings. The zero-order valence-electron chi connectivity index (χ0n) is 18.5. The average Bonchev–Trinajstić information content (AvgIpc) is 3.15. The highest BCUT2D eigenvalue weighted by molar-refractivity contribution is 6.02. The van der Waals surface area contributed by atoms with E-state index >= 15 is 0 Å². The van der Waals surface area contributed by atoms with Crippen LogP contribution in [0.1, 0.15) is 27.6 Å². The van der Waals surface area contributed by atoms with Crippen LogP contribution in [0.4, 0.5) is 5.82 Å². The van der Waals surface area contributed by atoms with E-state index in [9.17, 15) is 9.59 Å². The maximum atomic E-state index is 12.9. The first-order valence-electron chi connectivity index (χ1n) is 10.4. The highest BCUT2D eigenvalue weighted by Gasteiger charge is 2.16. The largest absolute Gasteiger partial charge is 0.492 e. The minimum atomic E-state index is -0.488. The van der Waals surface area contributed by atoms with Gasteiger partial charge < -0.3 is 10.1 Å². The number of hydrogen-bond acceptors (Lipinski definition) is 7. The molecule has 10 heteroatoms. The molecule has 3 aromatic heterocycles. The zero-order valence-corrected chi connectivity index (χ0v) is 18.5. The van der Waals surface area contributed by atoms with Crippen molar-refractivity contribution in [3.05, 3.63) is 87.7 Å². The molecule has 0 aliphatic carbocycles. The van der Waals surface area contributed by atoms with E-state index in [2.05, 4.69) is 25.5 Å². The lowest BCUT2D eigenvalue weighted by atomic mass is 10.3. The van der Waals surface area contributed by atoms with Gasteiger partial charge in [0.15, 0.2) is 0 Å². The maximum absolute atomic E-state index is 12.9. The summed E-state index contributed by atoms with van der Waals surface area (Å²) in [5.41, 5.74) is 2.02. The standard InChI is InChI=1S/C23H23N7O3/c1-15-13-16(2)25-23(24-15)30-20(14-17(3)27-30)26-22(32)19-9-10-21(31)29(28-19)11-12-33-18-7-5-4-6-8-18/h4-10,13-14H,11-12H2,1-3H3,(H,26,32).